The van der Waals surface area contributed by atoms with Gasteiger partial charge in [0.15, 0.2) is 0 Å². The lowest BCUT2D eigenvalue weighted by Gasteiger charge is -2.19. The van der Waals surface area contributed by atoms with E-state index in [2.05, 4.69) is 20.4 Å². The van der Waals surface area contributed by atoms with Gasteiger partial charge in [-0.05, 0) is 39.3 Å². The first-order valence-corrected chi connectivity index (χ1v) is 8.06. The van der Waals surface area contributed by atoms with Gasteiger partial charge < -0.3 is 14.6 Å². The van der Waals surface area contributed by atoms with Crippen LogP contribution in [-0.2, 0) is 22.5 Å². The van der Waals surface area contributed by atoms with E-state index in [0.29, 0.717) is 18.7 Å². The zero-order chi connectivity index (χ0) is 18.3. The SMILES string of the molecule is CC(C)(C)OC(=O)CCCc1nc(C(=O)NCc2ccccn2)no1. The molecule has 2 rings (SSSR count). The van der Waals surface area contributed by atoms with Crippen LogP contribution in [0.2, 0.25) is 0 Å². The molecule has 0 unspecified atom stereocenters. The summed E-state index contributed by atoms with van der Waals surface area (Å²) in [6, 6.07) is 5.44. The van der Waals surface area contributed by atoms with Gasteiger partial charge in [0.1, 0.15) is 5.60 Å². The van der Waals surface area contributed by atoms with Crippen LogP contribution in [-0.4, -0.2) is 32.6 Å². The van der Waals surface area contributed by atoms with Gasteiger partial charge in [-0.1, -0.05) is 11.2 Å². The van der Waals surface area contributed by atoms with Gasteiger partial charge >= 0.3 is 5.97 Å². The lowest BCUT2D eigenvalue weighted by Crippen LogP contribution is -2.24. The molecule has 0 aliphatic carbocycles. The fourth-order valence-corrected chi connectivity index (χ4v) is 1.98. The van der Waals surface area contributed by atoms with Crippen molar-refractivity contribution in [3.63, 3.8) is 0 Å². The Kier molecular flexibility index (Phi) is 6.21. The first-order chi connectivity index (χ1) is 11.8. The predicted octanol–water partition coefficient (Wildman–Crippen LogP) is 2.06. The van der Waals surface area contributed by atoms with Gasteiger partial charge in [-0.2, -0.15) is 4.98 Å². The summed E-state index contributed by atoms with van der Waals surface area (Å²) in [6.45, 7) is 5.73. The average molecular weight is 346 g/mol. The molecular weight excluding hydrogens is 324 g/mol. The molecule has 1 N–H and O–H groups in total. The number of aromatic nitrogens is 3. The number of carbonyl (C=O) groups is 2. The van der Waals surface area contributed by atoms with Gasteiger partial charge in [-0.25, -0.2) is 0 Å². The van der Waals surface area contributed by atoms with Crippen molar-refractivity contribution in [2.45, 2.75) is 52.2 Å². The molecule has 25 heavy (non-hydrogen) atoms. The lowest BCUT2D eigenvalue weighted by molar-refractivity contribution is -0.154. The minimum Gasteiger partial charge on any atom is -0.460 e. The van der Waals surface area contributed by atoms with Crippen molar-refractivity contribution in [3.8, 4) is 0 Å². The number of ether oxygens (including phenoxy) is 1. The molecule has 0 radical (unpaired) electrons. The number of rotatable bonds is 7. The molecule has 1 amide bonds. The zero-order valence-corrected chi connectivity index (χ0v) is 14.6. The monoisotopic (exact) mass is 346 g/mol. The fourth-order valence-electron chi connectivity index (χ4n) is 1.98. The van der Waals surface area contributed by atoms with Crippen LogP contribution in [0, 0.1) is 0 Å². The maximum atomic E-state index is 12.0. The molecule has 2 heterocycles. The minimum absolute atomic E-state index is 0.0387. The van der Waals surface area contributed by atoms with Gasteiger partial charge in [0, 0.05) is 19.0 Å². The predicted molar refractivity (Wildman–Crippen MR) is 88.5 cm³/mol. The number of nitrogens with one attached hydrogen (secondary N) is 1. The second-order valence-electron chi connectivity index (χ2n) is 6.46. The Labute approximate surface area is 146 Å². The van der Waals surface area contributed by atoms with Gasteiger partial charge in [0.25, 0.3) is 11.7 Å². The first kappa shape index (κ1) is 18.6. The molecule has 0 aliphatic rings. The van der Waals surface area contributed by atoms with Crippen LogP contribution < -0.4 is 5.32 Å². The van der Waals surface area contributed by atoms with E-state index in [1.54, 1.807) is 18.3 Å². The van der Waals surface area contributed by atoms with Crippen LogP contribution in [0.25, 0.3) is 0 Å². The molecular formula is C17H22N4O4. The van der Waals surface area contributed by atoms with E-state index in [9.17, 15) is 9.59 Å². The van der Waals surface area contributed by atoms with Gasteiger partial charge in [-0.15, -0.1) is 0 Å². The molecule has 0 aliphatic heterocycles. The maximum Gasteiger partial charge on any atom is 0.306 e. The summed E-state index contributed by atoms with van der Waals surface area (Å²) >= 11 is 0. The highest BCUT2D eigenvalue weighted by Crippen LogP contribution is 2.10. The molecule has 2 aromatic rings. The third-order valence-electron chi connectivity index (χ3n) is 3.02. The minimum atomic E-state index is -0.500. The highest BCUT2D eigenvalue weighted by atomic mass is 16.6. The van der Waals surface area contributed by atoms with Crippen LogP contribution in [0.3, 0.4) is 0 Å². The highest BCUT2D eigenvalue weighted by molar-refractivity contribution is 5.90. The number of nitrogens with zero attached hydrogens (tertiary/aromatic N) is 3. The second kappa shape index (κ2) is 8.36. The summed E-state index contributed by atoms with van der Waals surface area (Å²) in [5.74, 6) is -0.442. The van der Waals surface area contributed by atoms with E-state index in [0.717, 1.165) is 5.69 Å². The number of carbonyl (C=O) groups excluding carboxylic acids is 2. The third-order valence-corrected chi connectivity index (χ3v) is 3.02. The maximum absolute atomic E-state index is 12.0. The van der Waals surface area contributed by atoms with Crippen molar-refractivity contribution in [1.82, 2.24) is 20.4 Å². The van der Waals surface area contributed by atoms with E-state index in [1.807, 2.05) is 26.8 Å². The molecule has 0 aromatic carbocycles. The topological polar surface area (TPSA) is 107 Å². The average Bonchev–Trinajstić information content (AvgIpc) is 3.01. The van der Waals surface area contributed by atoms with Crippen LogP contribution in [0.4, 0.5) is 0 Å². The highest BCUT2D eigenvalue weighted by Gasteiger charge is 2.17. The van der Waals surface area contributed by atoms with E-state index in [4.69, 9.17) is 9.26 Å². The van der Waals surface area contributed by atoms with Crippen LogP contribution in [0.5, 0.6) is 0 Å². The summed E-state index contributed by atoms with van der Waals surface area (Å²) < 4.78 is 10.2. The largest absolute Gasteiger partial charge is 0.460 e. The van der Waals surface area contributed by atoms with Crippen molar-refractivity contribution in [2.24, 2.45) is 0 Å². The molecule has 134 valence electrons. The molecule has 0 bridgehead atoms. The first-order valence-electron chi connectivity index (χ1n) is 8.06. The summed E-state index contributed by atoms with van der Waals surface area (Å²) in [5, 5.41) is 6.32. The lowest BCUT2D eigenvalue weighted by atomic mass is 10.2. The number of pyridine rings is 1. The molecule has 0 spiro atoms. The quantitative estimate of drug-likeness (QED) is 0.765. The number of aryl methyl sites for hydroxylation is 1. The van der Waals surface area contributed by atoms with Crippen LogP contribution in [0.1, 0.15) is 55.8 Å². The Bertz CT molecular complexity index is 707. The Morgan fingerprint density at radius 2 is 2.08 bits per heavy atom. The summed E-state index contributed by atoms with van der Waals surface area (Å²) in [7, 11) is 0. The van der Waals surface area contributed by atoms with Gasteiger partial charge in [-0.3, -0.25) is 14.6 Å². The summed E-state index contributed by atoms with van der Waals surface area (Å²) in [4.78, 5) is 31.7. The molecule has 2 aromatic heterocycles. The summed E-state index contributed by atoms with van der Waals surface area (Å²) in [5.41, 5.74) is 0.234. The standard InChI is InChI=1S/C17H22N4O4/c1-17(2,3)24-14(22)9-6-8-13-20-15(21-25-13)16(23)19-11-12-7-4-5-10-18-12/h4-5,7,10H,6,8-9,11H2,1-3H3,(H,19,23). The van der Waals surface area contributed by atoms with Crippen molar-refractivity contribution in [3.05, 3.63) is 41.8 Å². The number of esters is 1. The molecule has 8 nitrogen and oxygen atoms in total. The fraction of sp³-hybridized carbons (Fsp3) is 0.471. The Morgan fingerprint density at radius 3 is 2.76 bits per heavy atom. The van der Waals surface area contributed by atoms with Crippen molar-refractivity contribution in [1.29, 1.82) is 0 Å². The molecule has 8 heteroatoms. The Morgan fingerprint density at radius 1 is 1.28 bits per heavy atom. The zero-order valence-electron chi connectivity index (χ0n) is 14.6. The van der Waals surface area contributed by atoms with Crippen LogP contribution >= 0.6 is 0 Å². The number of amides is 1. The van der Waals surface area contributed by atoms with E-state index in [-0.39, 0.29) is 24.8 Å². The third kappa shape index (κ3) is 6.70. The summed E-state index contributed by atoms with van der Waals surface area (Å²) in [6.07, 6.45) is 2.81. The molecule has 0 saturated carbocycles. The van der Waals surface area contributed by atoms with Gasteiger partial charge in [0.2, 0.25) is 5.89 Å². The van der Waals surface area contributed by atoms with Crippen molar-refractivity contribution in [2.75, 3.05) is 0 Å². The Balaban J connectivity index is 1.75. The Hall–Kier alpha value is -2.77. The smallest absolute Gasteiger partial charge is 0.306 e. The molecule has 0 fully saturated rings. The van der Waals surface area contributed by atoms with Gasteiger partial charge in [0.05, 0.1) is 12.2 Å². The van der Waals surface area contributed by atoms with E-state index >= 15 is 0 Å². The van der Waals surface area contributed by atoms with E-state index in [1.165, 1.54) is 0 Å². The van der Waals surface area contributed by atoms with E-state index < -0.39 is 11.5 Å². The van der Waals surface area contributed by atoms with Crippen molar-refractivity contribution < 1.29 is 18.8 Å². The van der Waals surface area contributed by atoms with Crippen LogP contribution in [0.15, 0.2) is 28.9 Å². The normalized spacial score (nSPS) is 11.2. The van der Waals surface area contributed by atoms with Crippen molar-refractivity contribution >= 4 is 11.9 Å². The number of hydrogen-bond donors (Lipinski definition) is 1. The second-order valence-corrected chi connectivity index (χ2v) is 6.46. The molecule has 0 saturated heterocycles. The number of hydrogen-bond acceptors (Lipinski definition) is 7. The molecule has 0 atom stereocenters.